The number of aliphatic hydroxyl groups excluding tert-OH is 3. The molecule has 216 valence electrons. The van der Waals surface area contributed by atoms with Crippen molar-refractivity contribution < 1.29 is 39.8 Å². The number of allylic oxidation sites excluding steroid dienone is 1. The van der Waals surface area contributed by atoms with Gasteiger partial charge in [-0.1, -0.05) is 11.6 Å². The second-order valence-corrected chi connectivity index (χ2v) is 10.6. The van der Waals surface area contributed by atoms with E-state index in [0.29, 0.717) is 49.0 Å². The molecule has 0 fully saturated rings. The summed E-state index contributed by atoms with van der Waals surface area (Å²) in [5, 5.41) is 55.3. The van der Waals surface area contributed by atoms with Gasteiger partial charge in [0.05, 0.1) is 37.7 Å². The lowest BCUT2D eigenvalue weighted by Crippen LogP contribution is -2.13. The number of benzene rings is 5. The summed E-state index contributed by atoms with van der Waals surface area (Å²) in [5.41, 5.74) is 1.61. The molecule has 0 bridgehead atoms. The van der Waals surface area contributed by atoms with E-state index in [9.17, 15) is 34.8 Å². The summed E-state index contributed by atoms with van der Waals surface area (Å²) in [6.07, 6.45) is 1.98. The van der Waals surface area contributed by atoms with Crippen LogP contribution in [0.15, 0.2) is 27.3 Å². The largest absolute Gasteiger partial charge is 0.507 e. The first-order chi connectivity index (χ1) is 20.2. The number of esters is 1. The predicted molar refractivity (Wildman–Crippen MR) is 157 cm³/mol. The van der Waals surface area contributed by atoms with Crippen LogP contribution in [0.5, 0.6) is 17.2 Å². The SMILES string of the molecule is COc1c(O)c2c(=O)cc(CO)c3c4c(CO)cc(=O)c5c(O)c(CCC(=O)OCCO)c6c(c(c1C=C(C)C6)c23)c54. The number of methoxy groups -OCH3 is 1. The molecular weight excluding hydrogens is 544 g/mol. The number of aliphatic hydroxyl groups is 3. The average Bonchev–Trinajstić information content (AvgIpc) is 3.11. The van der Waals surface area contributed by atoms with E-state index in [0.717, 1.165) is 5.57 Å². The molecule has 1 aliphatic carbocycles. The Labute approximate surface area is 238 Å². The Hall–Kier alpha value is -4.51. The third-order valence-electron chi connectivity index (χ3n) is 8.22. The molecule has 5 N–H and O–H groups in total. The summed E-state index contributed by atoms with van der Waals surface area (Å²) < 4.78 is 10.6. The Kier molecular flexibility index (Phi) is 6.64. The Balaban J connectivity index is 1.94. The first-order valence-corrected chi connectivity index (χ1v) is 13.5. The molecule has 0 spiro atoms. The molecule has 0 saturated heterocycles. The molecule has 10 heteroatoms. The van der Waals surface area contributed by atoms with E-state index >= 15 is 0 Å². The van der Waals surface area contributed by atoms with Crippen molar-refractivity contribution in [3.8, 4) is 17.2 Å². The van der Waals surface area contributed by atoms with Crippen molar-refractivity contribution >= 4 is 55.1 Å². The van der Waals surface area contributed by atoms with E-state index in [1.807, 2.05) is 13.0 Å². The fourth-order valence-corrected chi connectivity index (χ4v) is 6.68. The third-order valence-corrected chi connectivity index (χ3v) is 8.22. The van der Waals surface area contributed by atoms with Gasteiger partial charge in [0.1, 0.15) is 12.4 Å². The molecule has 6 rings (SSSR count). The number of hydrogen-bond donors (Lipinski definition) is 5. The maximum Gasteiger partial charge on any atom is 0.306 e. The molecule has 42 heavy (non-hydrogen) atoms. The van der Waals surface area contributed by atoms with E-state index in [2.05, 4.69) is 0 Å². The topological polar surface area (TPSA) is 171 Å². The lowest BCUT2D eigenvalue weighted by Gasteiger charge is -2.24. The highest BCUT2D eigenvalue weighted by Gasteiger charge is 2.32. The molecule has 5 aromatic carbocycles. The van der Waals surface area contributed by atoms with Gasteiger partial charge in [-0.2, -0.15) is 0 Å². The van der Waals surface area contributed by atoms with Gasteiger partial charge in [0.25, 0.3) is 0 Å². The van der Waals surface area contributed by atoms with Crippen molar-refractivity contribution in [3.05, 3.63) is 66.0 Å². The second kappa shape index (κ2) is 10.1. The summed E-state index contributed by atoms with van der Waals surface area (Å²) in [6, 6.07) is 2.44. The van der Waals surface area contributed by atoms with Crippen LogP contribution in [0.2, 0.25) is 0 Å². The minimum absolute atomic E-state index is 0.0161. The fraction of sp³-hybridized carbons (Fsp3) is 0.281. The fourth-order valence-electron chi connectivity index (χ4n) is 6.68. The molecule has 1 aliphatic rings. The molecule has 0 unspecified atom stereocenters. The van der Waals surface area contributed by atoms with Gasteiger partial charge in [-0.05, 0) is 70.3 Å². The summed E-state index contributed by atoms with van der Waals surface area (Å²) in [6.45, 7) is 0.273. The van der Waals surface area contributed by atoms with Crippen molar-refractivity contribution in [2.24, 2.45) is 0 Å². The molecule has 0 aromatic heterocycles. The van der Waals surface area contributed by atoms with Crippen molar-refractivity contribution in [2.45, 2.75) is 39.4 Å². The normalized spacial score (nSPS) is 13.0. The summed E-state index contributed by atoms with van der Waals surface area (Å²) >= 11 is 0. The summed E-state index contributed by atoms with van der Waals surface area (Å²) in [7, 11) is 1.37. The van der Waals surface area contributed by atoms with Crippen LogP contribution < -0.4 is 15.6 Å². The van der Waals surface area contributed by atoms with E-state index in [1.54, 1.807) is 0 Å². The molecule has 0 heterocycles. The van der Waals surface area contributed by atoms with Crippen LogP contribution in [0.4, 0.5) is 0 Å². The number of ether oxygens (including phenoxy) is 2. The van der Waals surface area contributed by atoms with Crippen molar-refractivity contribution in [1.82, 2.24) is 0 Å². The number of rotatable bonds is 8. The van der Waals surface area contributed by atoms with Crippen LogP contribution in [0.25, 0.3) is 49.2 Å². The molecule has 5 aromatic rings. The average molecular weight is 573 g/mol. The monoisotopic (exact) mass is 572 g/mol. The molecule has 10 nitrogen and oxygen atoms in total. The minimum Gasteiger partial charge on any atom is -0.507 e. The number of hydrogen-bond acceptors (Lipinski definition) is 10. The zero-order valence-electron chi connectivity index (χ0n) is 23.0. The maximum atomic E-state index is 13.6. The first kappa shape index (κ1) is 27.6. The number of phenols is 2. The summed E-state index contributed by atoms with van der Waals surface area (Å²) in [5.74, 6) is -1.20. The molecule has 0 aliphatic heterocycles. The van der Waals surface area contributed by atoms with E-state index < -0.39 is 30.0 Å². The Morgan fingerprint density at radius 3 is 2.00 bits per heavy atom. The first-order valence-electron chi connectivity index (χ1n) is 13.5. The van der Waals surface area contributed by atoms with Crippen molar-refractivity contribution in [1.29, 1.82) is 0 Å². The maximum absolute atomic E-state index is 13.6. The van der Waals surface area contributed by atoms with Crippen LogP contribution in [0.1, 0.15) is 41.2 Å². The molecule has 0 saturated carbocycles. The predicted octanol–water partition coefficient (Wildman–Crippen LogP) is 2.73. The third kappa shape index (κ3) is 3.72. The van der Waals surface area contributed by atoms with Crippen LogP contribution in [-0.2, 0) is 35.6 Å². The highest BCUT2D eigenvalue weighted by molar-refractivity contribution is 6.38. The van der Waals surface area contributed by atoms with Gasteiger partial charge in [0.2, 0.25) is 0 Å². The molecular formula is C32H28O10. The summed E-state index contributed by atoms with van der Waals surface area (Å²) in [4.78, 5) is 39.4. The number of carbonyl (C=O) groups excluding carboxylic acids is 1. The van der Waals surface area contributed by atoms with Gasteiger partial charge in [0.15, 0.2) is 22.4 Å². The van der Waals surface area contributed by atoms with E-state index in [-0.39, 0.29) is 71.6 Å². The Morgan fingerprint density at radius 1 is 0.833 bits per heavy atom. The van der Waals surface area contributed by atoms with Gasteiger partial charge >= 0.3 is 5.97 Å². The van der Waals surface area contributed by atoms with Gasteiger partial charge < -0.3 is 35.0 Å². The zero-order chi connectivity index (χ0) is 30.0. The Morgan fingerprint density at radius 2 is 1.43 bits per heavy atom. The van der Waals surface area contributed by atoms with Crippen molar-refractivity contribution in [3.63, 3.8) is 0 Å². The number of aromatic hydroxyl groups is 2. The van der Waals surface area contributed by atoms with Crippen molar-refractivity contribution in [2.75, 3.05) is 20.3 Å². The van der Waals surface area contributed by atoms with E-state index in [4.69, 9.17) is 14.6 Å². The lowest BCUT2D eigenvalue weighted by atomic mass is 9.80. The molecule has 0 atom stereocenters. The number of fused-ring (bicyclic) bond motifs is 1. The minimum atomic E-state index is -0.591. The van der Waals surface area contributed by atoms with Gasteiger partial charge in [-0.25, -0.2) is 0 Å². The smallest absolute Gasteiger partial charge is 0.306 e. The van der Waals surface area contributed by atoms with Gasteiger partial charge in [-0.3, -0.25) is 14.4 Å². The van der Waals surface area contributed by atoms with Crippen LogP contribution in [0, 0.1) is 0 Å². The number of phenolic OH excluding ortho intramolecular Hbond substituents is 2. The van der Waals surface area contributed by atoms with Crippen LogP contribution in [0.3, 0.4) is 0 Å². The van der Waals surface area contributed by atoms with E-state index in [1.165, 1.54) is 19.2 Å². The quantitative estimate of drug-likeness (QED) is 0.106. The molecule has 0 radical (unpaired) electrons. The molecule has 0 amide bonds. The van der Waals surface area contributed by atoms with Gasteiger partial charge in [0, 0.05) is 28.1 Å². The van der Waals surface area contributed by atoms with Crippen LogP contribution >= 0.6 is 0 Å². The highest BCUT2D eigenvalue weighted by Crippen LogP contribution is 2.53. The van der Waals surface area contributed by atoms with Crippen LogP contribution in [-0.4, -0.2) is 51.8 Å². The standard InChI is InChI=1S/C32H28O10/c1-13-7-17-16(3-4-21(38)42-6-5-33)30(39)26-19(36)9-14(11-34)22-23-15(12-35)10-20(37)27-29(23)25(24(17)28(22)26)18(8-13)32(41-2)31(27)40/h8-10,33-35,39-40H,3-7,11-12H2,1-2H3. The van der Waals surface area contributed by atoms with Gasteiger partial charge in [-0.15, -0.1) is 0 Å². The number of carbonyl (C=O) groups is 1. The zero-order valence-corrected chi connectivity index (χ0v) is 23.0. The lowest BCUT2D eigenvalue weighted by molar-refractivity contribution is -0.144. The highest BCUT2D eigenvalue weighted by atomic mass is 16.5. The second-order valence-electron chi connectivity index (χ2n) is 10.6. The Bertz CT molecular complexity index is 2090.